The number of nitriles is 1. The highest BCUT2D eigenvalue weighted by molar-refractivity contribution is 7.22. The van der Waals surface area contributed by atoms with Crippen LogP contribution in [0.15, 0.2) is 23.0 Å². The lowest BCUT2D eigenvalue weighted by Gasteiger charge is -2.18. The number of fused-ring (bicyclic) bond motifs is 1. The number of para-hydroxylation sites is 1. The SMILES string of the molecule is CCN(C(=O)CCc1c(C)[nH]c(=O)c(C#N)c1C)c1nc2c(C)cccc2s1. The Balaban J connectivity index is 1.85. The number of nitrogens with zero attached hydrogens (tertiary/aromatic N) is 3. The van der Waals surface area contributed by atoms with Crippen LogP contribution in [0.25, 0.3) is 10.2 Å². The summed E-state index contributed by atoms with van der Waals surface area (Å²) in [5.74, 6) is -0.0253. The van der Waals surface area contributed by atoms with E-state index in [1.165, 1.54) is 11.3 Å². The molecule has 0 saturated carbocycles. The normalized spacial score (nSPS) is 10.8. The van der Waals surface area contributed by atoms with Gasteiger partial charge in [0.15, 0.2) is 5.13 Å². The average molecular weight is 395 g/mol. The Morgan fingerprint density at radius 1 is 1.32 bits per heavy atom. The number of rotatable bonds is 5. The van der Waals surface area contributed by atoms with Gasteiger partial charge in [-0.15, -0.1) is 0 Å². The molecule has 3 aromatic rings. The van der Waals surface area contributed by atoms with E-state index in [1.54, 1.807) is 18.7 Å². The number of benzene rings is 1. The molecular weight excluding hydrogens is 372 g/mol. The summed E-state index contributed by atoms with van der Waals surface area (Å²) in [6, 6.07) is 7.97. The lowest BCUT2D eigenvalue weighted by Crippen LogP contribution is -2.31. The Bertz CT molecular complexity index is 1150. The van der Waals surface area contributed by atoms with Gasteiger partial charge in [-0.1, -0.05) is 23.5 Å². The molecule has 1 aromatic carbocycles. The summed E-state index contributed by atoms with van der Waals surface area (Å²) in [6.45, 7) is 8.03. The third-order valence-electron chi connectivity index (χ3n) is 4.97. The van der Waals surface area contributed by atoms with Crippen LogP contribution in [0.5, 0.6) is 0 Å². The lowest BCUT2D eigenvalue weighted by molar-refractivity contribution is -0.118. The maximum atomic E-state index is 12.9. The topological polar surface area (TPSA) is 89.9 Å². The van der Waals surface area contributed by atoms with Gasteiger partial charge in [0.1, 0.15) is 11.6 Å². The molecule has 6 nitrogen and oxygen atoms in total. The van der Waals surface area contributed by atoms with Crippen molar-refractivity contribution >= 4 is 32.6 Å². The molecule has 0 saturated heterocycles. The molecule has 0 atom stereocenters. The van der Waals surface area contributed by atoms with Crippen LogP contribution < -0.4 is 10.5 Å². The maximum absolute atomic E-state index is 12.9. The Labute approximate surface area is 167 Å². The van der Waals surface area contributed by atoms with Crippen LogP contribution in [-0.4, -0.2) is 22.4 Å². The maximum Gasteiger partial charge on any atom is 0.266 e. The molecule has 2 heterocycles. The van der Waals surface area contributed by atoms with Gasteiger partial charge in [-0.2, -0.15) is 5.26 Å². The highest BCUT2D eigenvalue weighted by Crippen LogP contribution is 2.31. The number of hydrogen-bond acceptors (Lipinski definition) is 5. The van der Waals surface area contributed by atoms with Gasteiger partial charge >= 0.3 is 0 Å². The molecule has 2 aromatic heterocycles. The van der Waals surface area contributed by atoms with Crippen molar-refractivity contribution < 1.29 is 4.79 Å². The van der Waals surface area contributed by atoms with E-state index in [0.29, 0.717) is 29.4 Å². The van der Waals surface area contributed by atoms with Crippen LogP contribution in [-0.2, 0) is 11.2 Å². The fourth-order valence-corrected chi connectivity index (χ4v) is 4.52. The molecule has 0 unspecified atom stereocenters. The average Bonchev–Trinajstić information content (AvgIpc) is 3.07. The molecule has 0 spiro atoms. The first-order chi connectivity index (χ1) is 13.4. The number of pyridine rings is 1. The Hall–Kier alpha value is -2.98. The number of aromatic nitrogens is 2. The van der Waals surface area contributed by atoms with E-state index in [1.807, 2.05) is 38.1 Å². The first kappa shape index (κ1) is 19.8. The van der Waals surface area contributed by atoms with E-state index < -0.39 is 0 Å². The predicted molar refractivity (Wildman–Crippen MR) is 112 cm³/mol. The van der Waals surface area contributed by atoms with Crippen molar-refractivity contribution in [3.63, 3.8) is 0 Å². The standard InChI is InChI=1S/C21H22N4O2S/c1-5-25(21-24-19-12(2)7-6-8-17(19)28-21)18(26)10-9-15-13(3)16(11-22)20(27)23-14(15)4/h6-8H,5,9-10H2,1-4H3,(H,23,27). The van der Waals surface area contributed by atoms with Crippen molar-refractivity contribution in [2.45, 2.75) is 40.5 Å². The number of H-pyrrole nitrogens is 1. The van der Waals surface area contributed by atoms with E-state index in [2.05, 4.69) is 9.97 Å². The van der Waals surface area contributed by atoms with E-state index in [0.717, 1.165) is 21.3 Å². The smallest absolute Gasteiger partial charge is 0.266 e. The number of thiazole rings is 1. The van der Waals surface area contributed by atoms with Crippen LogP contribution in [0.3, 0.4) is 0 Å². The Morgan fingerprint density at radius 3 is 2.71 bits per heavy atom. The molecule has 28 heavy (non-hydrogen) atoms. The molecule has 0 aliphatic heterocycles. The number of anilines is 1. The van der Waals surface area contributed by atoms with Crippen LogP contribution in [0.2, 0.25) is 0 Å². The summed E-state index contributed by atoms with van der Waals surface area (Å²) < 4.78 is 1.06. The molecule has 1 N–H and O–H groups in total. The minimum absolute atomic E-state index is 0.0253. The van der Waals surface area contributed by atoms with Gasteiger partial charge < -0.3 is 4.98 Å². The van der Waals surface area contributed by atoms with Gasteiger partial charge in [-0.05, 0) is 56.9 Å². The van der Waals surface area contributed by atoms with Crippen molar-refractivity contribution in [3.05, 3.63) is 56.5 Å². The largest absolute Gasteiger partial charge is 0.325 e. The number of aryl methyl sites for hydroxylation is 2. The minimum Gasteiger partial charge on any atom is -0.325 e. The van der Waals surface area contributed by atoms with E-state index in [-0.39, 0.29) is 23.5 Å². The van der Waals surface area contributed by atoms with Crippen molar-refractivity contribution in [1.82, 2.24) is 9.97 Å². The van der Waals surface area contributed by atoms with Gasteiger partial charge in [0.05, 0.1) is 10.2 Å². The highest BCUT2D eigenvalue weighted by atomic mass is 32.1. The zero-order valence-electron chi connectivity index (χ0n) is 16.4. The zero-order chi connectivity index (χ0) is 20.4. The van der Waals surface area contributed by atoms with Crippen LogP contribution in [0.4, 0.5) is 5.13 Å². The number of carbonyl (C=O) groups is 1. The second-order valence-corrected chi connectivity index (χ2v) is 7.73. The van der Waals surface area contributed by atoms with Gasteiger partial charge in [-0.25, -0.2) is 4.98 Å². The minimum atomic E-state index is -0.382. The third-order valence-corrected chi connectivity index (χ3v) is 6.01. The van der Waals surface area contributed by atoms with E-state index >= 15 is 0 Å². The highest BCUT2D eigenvalue weighted by Gasteiger charge is 2.20. The molecular formula is C21H22N4O2S. The van der Waals surface area contributed by atoms with Gasteiger partial charge in [0.2, 0.25) is 5.91 Å². The summed E-state index contributed by atoms with van der Waals surface area (Å²) >= 11 is 1.51. The first-order valence-electron chi connectivity index (χ1n) is 9.16. The van der Waals surface area contributed by atoms with Crippen molar-refractivity contribution in [3.8, 4) is 6.07 Å². The summed E-state index contributed by atoms with van der Waals surface area (Å²) in [5.41, 5.74) is 3.95. The molecule has 3 rings (SSSR count). The molecule has 0 aliphatic rings. The van der Waals surface area contributed by atoms with Crippen molar-refractivity contribution in [2.75, 3.05) is 11.4 Å². The van der Waals surface area contributed by atoms with Gasteiger partial charge in [0, 0.05) is 18.7 Å². The van der Waals surface area contributed by atoms with Crippen LogP contribution in [0.1, 0.15) is 41.3 Å². The summed E-state index contributed by atoms with van der Waals surface area (Å²) in [7, 11) is 0. The zero-order valence-corrected chi connectivity index (χ0v) is 17.2. The molecule has 0 bridgehead atoms. The predicted octanol–water partition coefficient (Wildman–Crippen LogP) is 3.77. The summed E-state index contributed by atoms with van der Waals surface area (Å²) in [5, 5.41) is 9.90. The van der Waals surface area contributed by atoms with Crippen molar-refractivity contribution in [1.29, 1.82) is 5.26 Å². The second kappa shape index (κ2) is 7.95. The number of aromatic amines is 1. The monoisotopic (exact) mass is 394 g/mol. The van der Waals surface area contributed by atoms with E-state index in [9.17, 15) is 14.9 Å². The fraction of sp³-hybridized carbons (Fsp3) is 0.333. The fourth-order valence-electron chi connectivity index (χ4n) is 3.40. The summed E-state index contributed by atoms with van der Waals surface area (Å²) in [4.78, 5) is 33.9. The van der Waals surface area contributed by atoms with Crippen LogP contribution >= 0.6 is 11.3 Å². The Morgan fingerprint density at radius 2 is 2.07 bits per heavy atom. The third kappa shape index (κ3) is 3.56. The number of amides is 1. The van der Waals surface area contributed by atoms with Gasteiger partial charge in [-0.3, -0.25) is 14.5 Å². The molecule has 144 valence electrons. The summed E-state index contributed by atoms with van der Waals surface area (Å²) in [6.07, 6.45) is 0.740. The Kier molecular flexibility index (Phi) is 5.61. The van der Waals surface area contributed by atoms with E-state index in [4.69, 9.17) is 0 Å². The quantitative estimate of drug-likeness (QED) is 0.713. The molecule has 0 radical (unpaired) electrons. The number of hydrogen-bond donors (Lipinski definition) is 1. The molecule has 0 aliphatic carbocycles. The van der Waals surface area contributed by atoms with Crippen molar-refractivity contribution in [2.24, 2.45) is 0 Å². The van der Waals surface area contributed by atoms with Crippen LogP contribution in [0, 0.1) is 32.1 Å². The second-order valence-electron chi connectivity index (χ2n) is 6.73. The molecule has 0 fully saturated rings. The number of carbonyl (C=O) groups excluding carboxylic acids is 1. The molecule has 1 amide bonds. The number of nitrogens with one attached hydrogen (secondary N) is 1. The first-order valence-corrected chi connectivity index (χ1v) is 9.98. The molecule has 7 heteroatoms. The lowest BCUT2D eigenvalue weighted by atomic mass is 9.99. The van der Waals surface area contributed by atoms with Gasteiger partial charge in [0.25, 0.3) is 5.56 Å².